The van der Waals surface area contributed by atoms with Crippen LogP contribution in [0.4, 0.5) is 0 Å². The van der Waals surface area contributed by atoms with E-state index in [9.17, 15) is 0 Å². The standard InChI is InChI=1S/C24H18ClN3.ClH/c25-23-11-9-22(10-12-23)21-7-5-20(6-8-21)16-28-17-27-15-24(28)13-18-1-3-19(14-26)4-2-18;/h1-12,15,17H,13,16H2;1H. The lowest BCUT2D eigenvalue weighted by Crippen LogP contribution is -2.04. The summed E-state index contributed by atoms with van der Waals surface area (Å²) < 4.78 is 2.16. The summed E-state index contributed by atoms with van der Waals surface area (Å²) >= 11 is 5.97. The minimum Gasteiger partial charge on any atom is -0.330 e. The summed E-state index contributed by atoms with van der Waals surface area (Å²) in [5, 5.41) is 9.67. The SMILES string of the molecule is Cl.N#Cc1ccc(Cc2cncn2Cc2ccc(-c3ccc(Cl)cc3)cc2)cc1. The fourth-order valence-corrected chi connectivity index (χ4v) is 3.31. The van der Waals surface area contributed by atoms with E-state index >= 15 is 0 Å². The molecule has 4 rings (SSSR count). The number of aromatic nitrogens is 2. The fraction of sp³-hybridized carbons (Fsp3) is 0.0833. The topological polar surface area (TPSA) is 41.6 Å². The Kier molecular flexibility index (Phi) is 6.72. The summed E-state index contributed by atoms with van der Waals surface area (Å²) in [5.41, 5.74) is 6.53. The van der Waals surface area contributed by atoms with Crippen LogP contribution >= 0.6 is 24.0 Å². The summed E-state index contributed by atoms with van der Waals surface area (Å²) in [6.45, 7) is 0.770. The summed E-state index contributed by atoms with van der Waals surface area (Å²) in [5.74, 6) is 0. The number of nitrogens with zero attached hydrogens (tertiary/aromatic N) is 3. The molecular weight excluding hydrogens is 401 g/mol. The first-order valence-corrected chi connectivity index (χ1v) is 9.42. The van der Waals surface area contributed by atoms with E-state index in [1.54, 1.807) is 0 Å². The molecule has 3 aromatic carbocycles. The summed E-state index contributed by atoms with van der Waals surface area (Å²) in [6.07, 6.45) is 4.56. The summed E-state index contributed by atoms with van der Waals surface area (Å²) in [6, 6.07) is 26.3. The van der Waals surface area contributed by atoms with E-state index in [1.165, 1.54) is 16.7 Å². The van der Waals surface area contributed by atoms with Crippen LogP contribution in [0, 0.1) is 11.3 Å². The van der Waals surface area contributed by atoms with Crippen LogP contribution in [0.2, 0.25) is 5.02 Å². The molecule has 29 heavy (non-hydrogen) atoms. The molecule has 0 bridgehead atoms. The Morgan fingerprint density at radius 2 is 1.41 bits per heavy atom. The van der Waals surface area contributed by atoms with Gasteiger partial charge in [0.2, 0.25) is 0 Å². The van der Waals surface area contributed by atoms with Gasteiger partial charge in [0.25, 0.3) is 0 Å². The lowest BCUT2D eigenvalue weighted by molar-refractivity contribution is 0.753. The molecule has 3 nitrogen and oxygen atoms in total. The predicted octanol–water partition coefficient (Wildman–Crippen LogP) is 6.14. The van der Waals surface area contributed by atoms with E-state index in [1.807, 2.05) is 61.1 Å². The van der Waals surface area contributed by atoms with Crippen LogP contribution in [0.5, 0.6) is 0 Å². The van der Waals surface area contributed by atoms with Crippen molar-refractivity contribution >= 4 is 24.0 Å². The molecule has 0 saturated heterocycles. The van der Waals surface area contributed by atoms with Crippen molar-refractivity contribution in [3.63, 3.8) is 0 Å². The molecule has 0 radical (unpaired) electrons. The van der Waals surface area contributed by atoms with Crippen molar-refractivity contribution in [2.45, 2.75) is 13.0 Å². The maximum Gasteiger partial charge on any atom is 0.0991 e. The maximum atomic E-state index is 8.93. The van der Waals surface area contributed by atoms with Gasteiger partial charge in [-0.05, 0) is 46.5 Å². The molecule has 0 aliphatic heterocycles. The molecule has 1 aromatic heterocycles. The average molecular weight is 420 g/mol. The van der Waals surface area contributed by atoms with Gasteiger partial charge in [-0.15, -0.1) is 12.4 Å². The highest BCUT2D eigenvalue weighted by Gasteiger charge is 2.06. The molecule has 0 amide bonds. The van der Waals surface area contributed by atoms with Gasteiger partial charge in [0, 0.05) is 29.9 Å². The molecule has 0 N–H and O–H groups in total. The molecular formula is C24H19Cl2N3. The molecule has 0 aliphatic rings. The minimum absolute atomic E-state index is 0. The molecule has 144 valence electrons. The first-order valence-electron chi connectivity index (χ1n) is 9.04. The number of rotatable bonds is 5. The quantitative estimate of drug-likeness (QED) is 0.389. The lowest BCUT2D eigenvalue weighted by atomic mass is 10.0. The zero-order valence-electron chi connectivity index (χ0n) is 15.6. The minimum atomic E-state index is 0. The van der Waals surface area contributed by atoms with Crippen molar-refractivity contribution in [1.82, 2.24) is 9.55 Å². The Morgan fingerprint density at radius 3 is 2.03 bits per heavy atom. The molecule has 0 atom stereocenters. The van der Waals surface area contributed by atoms with Gasteiger partial charge in [-0.3, -0.25) is 0 Å². The van der Waals surface area contributed by atoms with E-state index in [2.05, 4.69) is 39.9 Å². The van der Waals surface area contributed by atoms with Gasteiger partial charge in [0.15, 0.2) is 0 Å². The second-order valence-corrected chi connectivity index (χ2v) is 7.14. The molecule has 0 saturated carbocycles. The van der Waals surface area contributed by atoms with Crippen LogP contribution in [0.3, 0.4) is 0 Å². The molecule has 0 fully saturated rings. The van der Waals surface area contributed by atoms with Gasteiger partial charge in [-0.1, -0.05) is 60.1 Å². The van der Waals surface area contributed by atoms with Gasteiger partial charge in [0.1, 0.15) is 0 Å². The van der Waals surface area contributed by atoms with E-state index in [-0.39, 0.29) is 12.4 Å². The number of hydrogen-bond acceptors (Lipinski definition) is 2. The Morgan fingerprint density at radius 1 is 0.828 bits per heavy atom. The number of imidazole rings is 1. The van der Waals surface area contributed by atoms with Crippen molar-refractivity contribution < 1.29 is 0 Å². The van der Waals surface area contributed by atoms with Crippen LogP contribution in [0.25, 0.3) is 11.1 Å². The Labute approximate surface area is 181 Å². The van der Waals surface area contributed by atoms with Crippen molar-refractivity contribution in [2.75, 3.05) is 0 Å². The first kappa shape index (κ1) is 20.7. The number of benzene rings is 3. The van der Waals surface area contributed by atoms with E-state index in [4.69, 9.17) is 16.9 Å². The normalized spacial score (nSPS) is 10.2. The molecule has 5 heteroatoms. The molecule has 4 aromatic rings. The van der Waals surface area contributed by atoms with Crippen LogP contribution < -0.4 is 0 Å². The monoisotopic (exact) mass is 419 g/mol. The largest absolute Gasteiger partial charge is 0.330 e. The third-order valence-corrected chi connectivity index (χ3v) is 5.00. The number of halogens is 2. The fourth-order valence-electron chi connectivity index (χ4n) is 3.19. The highest BCUT2D eigenvalue weighted by atomic mass is 35.5. The molecule has 0 aliphatic carbocycles. The van der Waals surface area contributed by atoms with Crippen molar-refractivity contribution in [1.29, 1.82) is 5.26 Å². The van der Waals surface area contributed by atoms with E-state index < -0.39 is 0 Å². The third-order valence-electron chi connectivity index (χ3n) is 4.75. The summed E-state index contributed by atoms with van der Waals surface area (Å²) in [7, 11) is 0. The Hall–Kier alpha value is -3.06. The molecule has 1 heterocycles. The highest BCUT2D eigenvalue weighted by molar-refractivity contribution is 6.30. The van der Waals surface area contributed by atoms with Crippen molar-refractivity contribution in [2.24, 2.45) is 0 Å². The van der Waals surface area contributed by atoms with Crippen LogP contribution in [-0.2, 0) is 13.0 Å². The van der Waals surface area contributed by atoms with E-state index in [0.717, 1.165) is 29.2 Å². The second kappa shape index (κ2) is 9.43. The lowest BCUT2D eigenvalue weighted by Gasteiger charge is -2.10. The first-order chi connectivity index (χ1) is 13.7. The van der Waals surface area contributed by atoms with Gasteiger partial charge >= 0.3 is 0 Å². The van der Waals surface area contributed by atoms with Crippen LogP contribution in [0.15, 0.2) is 85.3 Å². The van der Waals surface area contributed by atoms with Gasteiger partial charge in [-0.25, -0.2) is 4.98 Å². The number of nitriles is 1. The van der Waals surface area contributed by atoms with E-state index in [0.29, 0.717) is 5.56 Å². The summed E-state index contributed by atoms with van der Waals surface area (Å²) in [4.78, 5) is 4.32. The van der Waals surface area contributed by atoms with Crippen LogP contribution in [0.1, 0.15) is 22.4 Å². The molecule has 0 unspecified atom stereocenters. The zero-order valence-corrected chi connectivity index (χ0v) is 17.2. The predicted molar refractivity (Wildman–Crippen MR) is 119 cm³/mol. The Bertz CT molecular complexity index is 1110. The van der Waals surface area contributed by atoms with Crippen molar-refractivity contribution in [3.8, 4) is 17.2 Å². The Balaban J connectivity index is 0.00000240. The van der Waals surface area contributed by atoms with Gasteiger partial charge in [-0.2, -0.15) is 5.26 Å². The van der Waals surface area contributed by atoms with Crippen LogP contribution in [-0.4, -0.2) is 9.55 Å². The molecule has 0 spiro atoms. The average Bonchev–Trinajstić information content (AvgIpc) is 3.16. The highest BCUT2D eigenvalue weighted by Crippen LogP contribution is 2.22. The second-order valence-electron chi connectivity index (χ2n) is 6.70. The maximum absolute atomic E-state index is 8.93. The van der Waals surface area contributed by atoms with Gasteiger partial charge in [0.05, 0.1) is 18.0 Å². The van der Waals surface area contributed by atoms with Crippen molar-refractivity contribution in [3.05, 3.63) is 113 Å². The third kappa shape index (κ3) is 5.06. The smallest absolute Gasteiger partial charge is 0.0991 e. The zero-order chi connectivity index (χ0) is 19.3. The number of hydrogen-bond donors (Lipinski definition) is 0. The van der Waals surface area contributed by atoms with Gasteiger partial charge < -0.3 is 4.57 Å².